The summed E-state index contributed by atoms with van der Waals surface area (Å²) in [6, 6.07) is 3.71. The highest BCUT2D eigenvalue weighted by atomic mass is 19.4. The molecule has 0 aromatic heterocycles. The molecule has 1 aromatic carbocycles. The Bertz CT molecular complexity index is 588. The molecule has 0 spiro atoms. The molecule has 0 bridgehead atoms. The molecule has 1 atom stereocenters. The molecule has 1 aliphatic rings. The summed E-state index contributed by atoms with van der Waals surface area (Å²) in [6.07, 6.45) is -8.30. The molecular formula is C13H13F5N2O2. The van der Waals surface area contributed by atoms with Crippen LogP contribution in [-0.4, -0.2) is 42.7 Å². The van der Waals surface area contributed by atoms with Gasteiger partial charge in [0.05, 0.1) is 5.69 Å². The molecular weight excluding hydrogens is 311 g/mol. The monoisotopic (exact) mass is 324 g/mol. The fourth-order valence-corrected chi connectivity index (χ4v) is 1.85. The number of rotatable bonds is 3. The Morgan fingerprint density at radius 2 is 1.95 bits per heavy atom. The number of ether oxygens (including phenoxy) is 1. The van der Waals surface area contributed by atoms with E-state index < -0.39 is 18.3 Å². The van der Waals surface area contributed by atoms with Gasteiger partial charge in [0.15, 0.2) is 0 Å². The average molecular weight is 324 g/mol. The number of alkyl halides is 5. The van der Waals surface area contributed by atoms with Crippen molar-refractivity contribution in [2.45, 2.75) is 25.3 Å². The lowest BCUT2D eigenvalue weighted by molar-refractivity contribution is -0.303. The Morgan fingerprint density at radius 1 is 1.32 bits per heavy atom. The molecule has 0 aliphatic carbocycles. The lowest BCUT2D eigenvalue weighted by Gasteiger charge is -2.24. The van der Waals surface area contributed by atoms with Crippen molar-refractivity contribution in [2.75, 3.05) is 18.9 Å². The Hall–Kier alpha value is -2.06. The summed E-state index contributed by atoms with van der Waals surface area (Å²) in [5.41, 5.74) is 0.116. The SMILES string of the molecule is CCN(C)C(=O)c1ccc2c(c1)OC(C(F)(F)C(F)(F)F)N2. The predicted octanol–water partition coefficient (Wildman–Crippen LogP) is 3.11. The van der Waals surface area contributed by atoms with Gasteiger partial charge in [-0.2, -0.15) is 22.0 Å². The second kappa shape index (κ2) is 5.29. The molecule has 1 heterocycles. The number of nitrogens with zero attached hydrogens (tertiary/aromatic N) is 1. The van der Waals surface area contributed by atoms with Crippen molar-refractivity contribution in [3.8, 4) is 5.75 Å². The minimum atomic E-state index is -5.74. The smallest absolute Gasteiger partial charge is 0.459 e. The van der Waals surface area contributed by atoms with E-state index in [1.807, 2.05) is 5.32 Å². The van der Waals surface area contributed by atoms with Gasteiger partial charge in [0.1, 0.15) is 5.75 Å². The van der Waals surface area contributed by atoms with Gasteiger partial charge in [0.2, 0.25) is 6.23 Å². The van der Waals surface area contributed by atoms with E-state index in [4.69, 9.17) is 0 Å². The van der Waals surface area contributed by atoms with Crippen LogP contribution in [0.5, 0.6) is 5.75 Å². The van der Waals surface area contributed by atoms with Gasteiger partial charge >= 0.3 is 12.1 Å². The lowest BCUT2D eigenvalue weighted by Crippen LogP contribution is -2.51. The molecule has 1 aliphatic heterocycles. The fourth-order valence-electron chi connectivity index (χ4n) is 1.85. The molecule has 1 unspecified atom stereocenters. The number of fused-ring (bicyclic) bond motifs is 1. The summed E-state index contributed by atoms with van der Waals surface area (Å²) < 4.78 is 68.2. The minimum Gasteiger partial charge on any atom is -0.462 e. The van der Waals surface area contributed by atoms with Crippen LogP contribution in [0.1, 0.15) is 17.3 Å². The van der Waals surface area contributed by atoms with E-state index in [1.165, 1.54) is 24.1 Å². The van der Waals surface area contributed by atoms with Crippen LogP contribution >= 0.6 is 0 Å². The largest absolute Gasteiger partial charge is 0.462 e. The second-order valence-corrected chi connectivity index (χ2v) is 4.79. The summed E-state index contributed by atoms with van der Waals surface area (Å²) in [6.45, 7) is 2.16. The topological polar surface area (TPSA) is 41.6 Å². The van der Waals surface area contributed by atoms with Gasteiger partial charge < -0.3 is 15.0 Å². The fraction of sp³-hybridized carbons (Fsp3) is 0.462. The van der Waals surface area contributed by atoms with Crippen LogP contribution < -0.4 is 10.1 Å². The molecule has 2 rings (SSSR count). The summed E-state index contributed by atoms with van der Waals surface area (Å²) in [5, 5.41) is 1.97. The molecule has 22 heavy (non-hydrogen) atoms. The molecule has 1 N–H and O–H groups in total. The van der Waals surface area contributed by atoms with Crippen LogP contribution in [0.25, 0.3) is 0 Å². The van der Waals surface area contributed by atoms with Gasteiger partial charge in [-0.05, 0) is 25.1 Å². The standard InChI is InChI=1S/C13H13F5N2O2/c1-3-20(2)10(21)7-4-5-8-9(6-7)22-11(19-8)12(14,15)13(16,17)18/h4-6,11,19H,3H2,1-2H3. The highest BCUT2D eigenvalue weighted by Gasteiger charge is 2.65. The molecule has 1 aromatic rings. The van der Waals surface area contributed by atoms with Gasteiger partial charge in [-0.1, -0.05) is 0 Å². The van der Waals surface area contributed by atoms with Crippen LogP contribution in [0.4, 0.5) is 27.6 Å². The maximum absolute atomic E-state index is 13.3. The summed E-state index contributed by atoms with van der Waals surface area (Å²) in [4.78, 5) is 13.3. The highest BCUT2D eigenvalue weighted by molar-refractivity contribution is 5.95. The third-order valence-corrected chi connectivity index (χ3v) is 3.29. The molecule has 0 radical (unpaired) electrons. The zero-order valence-electron chi connectivity index (χ0n) is 11.7. The Labute approximate surface area is 122 Å². The minimum absolute atomic E-state index is 0.0235. The van der Waals surface area contributed by atoms with Gasteiger partial charge in [-0.3, -0.25) is 4.79 Å². The zero-order valence-corrected chi connectivity index (χ0v) is 11.7. The van der Waals surface area contributed by atoms with E-state index in [1.54, 1.807) is 6.92 Å². The average Bonchev–Trinajstić information content (AvgIpc) is 2.87. The van der Waals surface area contributed by atoms with Crippen molar-refractivity contribution in [3.63, 3.8) is 0 Å². The number of amides is 1. The van der Waals surface area contributed by atoms with E-state index in [-0.39, 0.29) is 22.9 Å². The summed E-state index contributed by atoms with van der Waals surface area (Å²) >= 11 is 0. The molecule has 0 saturated heterocycles. The maximum atomic E-state index is 13.3. The number of anilines is 1. The molecule has 122 valence electrons. The van der Waals surface area contributed by atoms with Crippen LogP contribution in [0, 0.1) is 0 Å². The van der Waals surface area contributed by atoms with E-state index >= 15 is 0 Å². The van der Waals surface area contributed by atoms with Crippen molar-refractivity contribution < 1.29 is 31.5 Å². The quantitative estimate of drug-likeness (QED) is 0.869. The van der Waals surface area contributed by atoms with Gasteiger partial charge in [-0.25, -0.2) is 0 Å². The first-order chi connectivity index (χ1) is 10.1. The van der Waals surface area contributed by atoms with Crippen molar-refractivity contribution in [3.05, 3.63) is 23.8 Å². The van der Waals surface area contributed by atoms with E-state index in [0.717, 1.165) is 6.07 Å². The predicted molar refractivity (Wildman–Crippen MR) is 68.1 cm³/mol. The first-order valence-electron chi connectivity index (χ1n) is 6.35. The van der Waals surface area contributed by atoms with Crippen molar-refractivity contribution in [2.24, 2.45) is 0 Å². The number of hydrogen-bond donors (Lipinski definition) is 1. The van der Waals surface area contributed by atoms with Gasteiger partial charge in [-0.15, -0.1) is 0 Å². The molecule has 0 saturated carbocycles. The van der Waals surface area contributed by atoms with E-state index in [9.17, 15) is 26.7 Å². The van der Waals surface area contributed by atoms with Crippen LogP contribution in [0.15, 0.2) is 18.2 Å². The second-order valence-electron chi connectivity index (χ2n) is 4.79. The summed E-state index contributed by atoms with van der Waals surface area (Å²) in [7, 11) is 1.54. The van der Waals surface area contributed by atoms with Crippen LogP contribution in [-0.2, 0) is 0 Å². The maximum Gasteiger partial charge on any atom is 0.459 e. The number of benzene rings is 1. The zero-order chi connectivity index (χ0) is 16.7. The van der Waals surface area contributed by atoms with Crippen LogP contribution in [0.3, 0.4) is 0 Å². The Morgan fingerprint density at radius 3 is 2.50 bits per heavy atom. The first-order valence-corrected chi connectivity index (χ1v) is 6.35. The van der Waals surface area contributed by atoms with E-state index in [2.05, 4.69) is 4.74 Å². The Balaban J connectivity index is 2.24. The third kappa shape index (κ3) is 2.67. The number of nitrogens with one attached hydrogen (secondary N) is 1. The van der Waals surface area contributed by atoms with Crippen molar-refractivity contribution >= 4 is 11.6 Å². The number of carbonyl (C=O) groups excluding carboxylic acids is 1. The van der Waals surface area contributed by atoms with Gasteiger partial charge in [0, 0.05) is 19.2 Å². The summed E-state index contributed by atoms with van der Waals surface area (Å²) in [5.74, 6) is -5.67. The molecule has 1 amide bonds. The number of halogens is 5. The molecule has 4 nitrogen and oxygen atoms in total. The normalized spacial score (nSPS) is 17.5. The highest BCUT2D eigenvalue weighted by Crippen LogP contribution is 2.44. The van der Waals surface area contributed by atoms with Crippen LogP contribution in [0.2, 0.25) is 0 Å². The van der Waals surface area contributed by atoms with Crippen molar-refractivity contribution in [1.82, 2.24) is 4.90 Å². The van der Waals surface area contributed by atoms with E-state index in [0.29, 0.717) is 6.54 Å². The number of carbonyl (C=O) groups is 1. The first kappa shape index (κ1) is 16.3. The third-order valence-electron chi connectivity index (χ3n) is 3.29. The number of hydrogen-bond acceptors (Lipinski definition) is 3. The van der Waals surface area contributed by atoms with Gasteiger partial charge in [0.25, 0.3) is 5.91 Å². The lowest BCUT2D eigenvalue weighted by atomic mass is 10.1. The molecule has 0 fully saturated rings. The van der Waals surface area contributed by atoms with Crippen molar-refractivity contribution in [1.29, 1.82) is 0 Å². The molecule has 9 heteroatoms. The Kier molecular flexibility index (Phi) is 3.92.